The van der Waals surface area contributed by atoms with E-state index in [1.54, 1.807) is 55.8 Å². The summed E-state index contributed by atoms with van der Waals surface area (Å²) in [6, 6.07) is 15.0. The van der Waals surface area contributed by atoms with Gasteiger partial charge in [-0.15, -0.1) is 0 Å². The number of nitriles is 1. The summed E-state index contributed by atoms with van der Waals surface area (Å²) in [5.41, 5.74) is 0.427. The van der Waals surface area contributed by atoms with Gasteiger partial charge in [-0.3, -0.25) is 4.79 Å². The Morgan fingerprint density at radius 1 is 1.06 bits per heavy atom. The van der Waals surface area contributed by atoms with E-state index >= 15 is 0 Å². The molecule has 3 heterocycles. The number of urea groups is 1. The Hall–Kier alpha value is -3.67. The van der Waals surface area contributed by atoms with Crippen molar-refractivity contribution in [1.82, 2.24) is 14.9 Å². The van der Waals surface area contributed by atoms with Crippen molar-refractivity contribution in [2.45, 2.75) is 11.5 Å². The van der Waals surface area contributed by atoms with Crippen LogP contribution in [0.1, 0.15) is 17.0 Å². The van der Waals surface area contributed by atoms with Crippen LogP contribution < -0.4 is 9.80 Å². The fourth-order valence-corrected chi connectivity index (χ4v) is 5.33. The third-order valence-electron chi connectivity index (χ3n) is 6.44. The zero-order chi connectivity index (χ0) is 24.0. The predicted octanol–water partition coefficient (Wildman–Crippen LogP) is 4.10. The lowest BCUT2D eigenvalue weighted by atomic mass is 9.80. The number of hydrogen-bond donors (Lipinski definition) is 0. The molecule has 2 atom stereocenters. The van der Waals surface area contributed by atoms with E-state index in [1.165, 1.54) is 4.90 Å². The van der Waals surface area contributed by atoms with Gasteiger partial charge in [0.05, 0.1) is 23.9 Å². The van der Waals surface area contributed by atoms with Crippen LogP contribution in [-0.4, -0.2) is 52.5 Å². The van der Waals surface area contributed by atoms with Gasteiger partial charge in [0.2, 0.25) is 5.95 Å². The Kier molecular flexibility index (Phi) is 5.39. The van der Waals surface area contributed by atoms with Gasteiger partial charge in [-0.2, -0.15) is 5.26 Å². The Labute approximate surface area is 205 Å². The molecule has 2 fully saturated rings. The van der Waals surface area contributed by atoms with Crippen LogP contribution in [0.25, 0.3) is 0 Å². The van der Waals surface area contributed by atoms with Crippen LogP contribution in [0, 0.1) is 11.3 Å². The zero-order valence-corrected chi connectivity index (χ0v) is 19.5. The minimum atomic E-state index is -1.22. The Morgan fingerprint density at radius 3 is 2.32 bits per heavy atom. The number of hydrogen-bond acceptors (Lipinski definition) is 6. The second kappa shape index (κ2) is 8.28. The molecular weight excluding hydrogens is 475 g/mol. The Morgan fingerprint density at radius 2 is 1.71 bits per heavy atom. The molecule has 3 amide bonds. The van der Waals surface area contributed by atoms with E-state index in [9.17, 15) is 14.9 Å². The maximum atomic E-state index is 14.1. The van der Waals surface area contributed by atoms with Crippen LogP contribution >= 0.6 is 23.2 Å². The number of likely N-dealkylation sites (N-methyl/N-ethyl adjacent to an activating group) is 1. The van der Waals surface area contributed by atoms with Crippen LogP contribution in [0.4, 0.5) is 16.4 Å². The fraction of sp³-hybridized carbons (Fsp3) is 0.208. The van der Waals surface area contributed by atoms with E-state index in [-0.39, 0.29) is 12.5 Å². The molecular formula is C24H18Cl2N6O2. The molecule has 34 heavy (non-hydrogen) atoms. The highest BCUT2D eigenvalue weighted by Crippen LogP contribution is 2.47. The van der Waals surface area contributed by atoms with Gasteiger partial charge < -0.3 is 9.80 Å². The maximum absolute atomic E-state index is 14.1. The van der Waals surface area contributed by atoms with E-state index < -0.39 is 17.5 Å². The summed E-state index contributed by atoms with van der Waals surface area (Å²) in [6.45, 7) is 0.608. The summed E-state index contributed by atoms with van der Waals surface area (Å²) in [5, 5.41) is 9.84. The van der Waals surface area contributed by atoms with E-state index in [0.29, 0.717) is 33.8 Å². The highest BCUT2D eigenvalue weighted by molar-refractivity contribution is 6.35. The molecule has 0 saturated carbocycles. The first-order valence-corrected chi connectivity index (χ1v) is 11.2. The number of benzene rings is 2. The standard InChI is InChI=1S/C24H18Cl2N6O2/c1-30-23(34)32(19-10-17(25)9-18(26)11-19)21(33)24(30)14-31(22-28-7-2-8-29-22)13-20(24)16-5-3-15(12-27)4-6-16/h2-11,20H,13-14H2,1H3. The number of carbonyl (C=O) groups excluding carboxylic acids is 2. The van der Waals surface area contributed by atoms with Crippen molar-refractivity contribution in [3.05, 3.63) is 82.1 Å². The molecule has 0 aliphatic carbocycles. The van der Waals surface area contributed by atoms with E-state index in [4.69, 9.17) is 23.2 Å². The summed E-state index contributed by atoms with van der Waals surface area (Å²) < 4.78 is 0. The molecule has 1 spiro atoms. The van der Waals surface area contributed by atoms with E-state index in [1.807, 2.05) is 17.0 Å². The van der Waals surface area contributed by atoms with Gasteiger partial charge in [0.1, 0.15) is 5.54 Å². The van der Waals surface area contributed by atoms with Gasteiger partial charge in [-0.1, -0.05) is 35.3 Å². The number of halogens is 2. The van der Waals surface area contributed by atoms with Crippen molar-refractivity contribution < 1.29 is 9.59 Å². The summed E-state index contributed by atoms with van der Waals surface area (Å²) >= 11 is 12.3. The number of amides is 3. The molecule has 0 radical (unpaired) electrons. The Balaban J connectivity index is 1.64. The molecule has 0 N–H and O–H groups in total. The van der Waals surface area contributed by atoms with Gasteiger partial charge in [0.15, 0.2) is 0 Å². The summed E-state index contributed by atoms with van der Waals surface area (Å²) in [7, 11) is 1.62. The first kappa shape index (κ1) is 22.1. The normalized spacial score (nSPS) is 22.1. The molecule has 8 nitrogen and oxygen atoms in total. The Bertz CT molecular complexity index is 1310. The first-order chi connectivity index (χ1) is 16.3. The highest BCUT2D eigenvalue weighted by atomic mass is 35.5. The number of imide groups is 1. The summed E-state index contributed by atoms with van der Waals surface area (Å²) in [5.74, 6) is -0.313. The van der Waals surface area contributed by atoms with Crippen LogP contribution in [0.5, 0.6) is 0 Å². The molecule has 0 bridgehead atoms. The molecule has 3 aromatic rings. The summed E-state index contributed by atoms with van der Waals surface area (Å²) in [4.78, 5) is 40.8. The van der Waals surface area contributed by atoms with Crippen molar-refractivity contribution in [1.29, 1.82) is 5.26 Å². The number of rotatable bonds is 3. The molecule has 2 aromatic carbocycles. The number of aromatic nitrogens is 2. The lowest BCUT2D eigenvalue weighted by Gasteiger charge is -2.33. The molecule has 170 valence electrons. The van der Waals surface area contributed by atoms with Gasteiger partial charge in [-0.05, 0) is 42.0 Å². The second-order valence-electron chi connectivity index (χ2n) is 8.25. The lowest BCUT2D eigenvalue weighted by molar-refractivity contribution is -0.124. The van der Waals surface area contributed by atoms with Gasteiger partial charge in [0, 0.05) is 41.9 Å². The van der Waals surface area contributed by atoms with Gasteiger partial charge in [0.25, 0.3) is 5.91 Å². The third-order valence-corrected chi connectivity index (χ3v) is 6.88. The second-order valence-corrected chi connectivity index (χ2v) is 9.12. The topological polar surface area (TPSA) is 93.4 Å². The molecule has 1 aromatic heterocycles. The van der Waals surface area contributed by atoms with Gasteiger partial charge >= 0.3 is 6.03 Å². The smallest absolute Gasteiger partial charge is 0.332 e. The van der Waals surface area contributed by atoms with Crippen molar-refractivity contribution in [2.24, 2.45) is 0 Å². The predicted molar refractivity (Wildman–Crippen MR) is 128 cm³/mol. The monoisotopic (exact) mass is 492 g/mol. The molecule has 5 rings (SSSR count). The highest BCUT2D eigenvalue weighted by Gasteiger charge is 2.64. The number of carbonyl (C=O) groups is 2. The van der Waals surface area contributed by atoms with E-state index in [2.05, 4.69) is 16.0 Å². The van der Waals surface area contributed by atoms with Crippen molar-refractivity contribution in [3.8, 4) is 6.07 Å². The van der Waals surface area contributed by atoms with Crippen LogP contribution in [0.3, 0.4) is 0 Å². The minimum Gasteiger partial charge on any atom is -0.337 e. The molecule has 2 aliphatic rings. The third kappa shape index (κ3) is 3.36. The van der Waals surface area contributed by atoms with Crippen LogP contribution in [0.2, 0.25) is 10.0 Å². The average Bonchev–Trinajstić information content (AvgIpc) is 3.32. The average molecular weight is 493 g/mol. The summed E-state index contributed by atoms with van der Waals surface area (Å²) in [6.07, 6.45) is 3.27. The van der Waals surface area contributed by atoms with Gasteiger partial charge in [-0.25, -0.2) is 19.7 Å². The van der Waals surface area contributed by atoms with Crippen molar-refractivity contribution in [2.75, 3.05) is 29.9 Å². The minimum absolute atomic E-state index is 0.202. The number of anilines is 2. The largest absolute Gasteiger partial charge is 0.337 e. The SMILES string of the molecule is CN1C(=O)N(c2cc(Cl)cc(Cl)c2)C(=O)C12CN(c1ncccn1)CC2c1ccc(C#N)cc1. The molecule has 10 heteroatoms. The maximum Gasteiger partial charge on any atom is 0.332 e. The van der Waals surface area contributed by atoms with Crippen molar-refractivity contribution in [3.63, 3.8) is 0 Å². The molecule has 2 aliphatic heterocycles. The van der Waals surface area contributed by atoms with E-state index in [0.717, 1.165) is 10.5 Å². The zero-order valence-electron chi connectivity index (χ0n) is 18.0. The first-order valence-electron chi connectivity index (χ1n) is 10.5. The fourth-order valence-electron chi connectivity index (χ4n) is 4.81. The molecule has 2 saturated heterocycles. The van der Waals surface area contributed by atoms with Crippen LogP contribution in [-0.2, 0) is 4.79 Å². The van der Waals surface area contributed by atoms with Crippen LogP contribution in [0.15, 0.2) is 60.9 Å². The molecule has 2 unspecified atom stereocenters. The number of nitrogens with zero attached hydrogens (tertiary/aromatic N) is 6. The van der Waals surface area contributed by atoms with Crippen molar-refractivity contribution >= 4 is 46.8 Å². The quantitative estimate of drug-likeness (QED) is 0.511. The lowest BCUT2D eigenvalue weighted by Crippen LogP contribution is -2.53.